The first-order valence-electron chi connectivity index (χ1n) is 26.4. The highest BCUT2D eigenvalue weighted by Crippen LogP contribution is 2.27. The van der Waals surface area contributed by atoms with E-state index in [1.54, 1.807) is 0 Å². The van der Waals surface area contributed by atoms with Crippen molar-refractivity contribution < 1.29 is 110 Å². The molecule has 0 saturated carbocycles. The second kappa shape index (κ2) is 37.8. The van der Waals surface area contributed by atoms with Crippen molar-refractivity contribution in [2.24, 2.45) is 0 Å². The highest BCUT2D eigenvalue weighted by molar-refractivity contribution is 5.81. The highest BCUT2D eigenvalue weighted by atomic mass is 16.7. The maximum absolute atomic E-state index is 13.0. The van der Waals surface area contributed by atoms with Gasteiger partial charge in [-0.1, -0.05) is 103 Å². The van der Waals surface area contributed by atoms with Crippen LogP contribution in [0.3, 0.4) is 0 Å². The van der Waals surface area contributed by atoms with Gasteiger partial charge in [0.15, 0.2) is 24.8 Å². The lowest BCUT2D eigenvalue weighted by atomic mass is 9.98. The highest BCUT2D eigenvalue weighted by Gasteiger charge is 2.49. The van der Waals surface area contributed by atoms with Crippen LogP contribution < -0.4 is 10.6 Å². The number of amides is 2. The zero-order valence-electron chi connectivity index (χ0n) is 42.5. The molecule has 2 saturated heterocycles. The predicted molar refractivity (Wildman–Crippen MR) is 259 cm³/mol. The second-order valence-corrected chi connectivity index (χ2v) is 19.4. The average molecular weight is 1060 g/mol. The van der Waals surface area contributed by atoms with E-state index >= 15 is 0 Å². The number of carbonyl (C=O) groups is 2. The third-order valence-corrected chi connectivity index (χ3v) is 13.5. The summed E-state index contributed by atoms with van der Waals surface area (Å²) in [6, 6.07) is 0. The van der Waals surface area contributed by atoms with Crippen molar-refractivity contribution in [3.63, 3.8) is 0 Å². The van der Waals surface area contributed by atoms with Crippen LogP contribution in [0.2, 0.25) is 0 Å². The molecule has 0 aromatic heterocycles. The van der Waals surface area contributed by atoms with Gasteiger partial charge >= 0.3 is 0 Å². The van der Waals surface area contributed by atoms with Gasteiger partial charge in [0, 0.05) is 13.1 Å². The van der Waals surface area contributed by atoms with Crippen LogP contribution in [-0.2, 0) is 28.5 Å². The molecule has 0 aromatic carbocycles. The normalized spacial score (nSPS) is 28.0. The van der Waals surface area contributed by atoms with Crippen molar-refractivity contribution in [2.75, 3.05) is 59.2 Å². The standard InChI is InChI=1S/C48H93N3O22/c1-2-3-4-5-6-7-8-9-10-11-12-13-14-15-16-17-22-51(23-18-20-49-45(68)39(64)37(62)43(29(56)25-52)72-47-41(66)35(60)33(58)31(27-54)70-47)24-19-21-50-46(69)40(65)38(63)44(30(57)26-53)73-48-42(67)36(61)34(59)32(28-55)71-48/h29-44,47-48,52-67H,2-28H2,1H3,(H,49,68)(H,50,69)/t29-,30-,31-,32-,33+,34+,35+,36+,37-,38-,39-,40-,41-,42-,43-,44-,47+,48+/m1/s1. The van der Waals surface area contributed by atoms with Crippen LogP contribution >= 0.6 is 0 Å². The number of rotatable bonds is 41. The van der Waals surface area contributed by atoms with E-state index in [9.17, 15) is 91.3 Å². The van der Waals surface area contributed by atoms with Crippen molar-refractivity contribution in [3.05, 3.63) is 0 Å². The molecular weight excluding hydrogens is 971 g/mol. The molecule has 2 amide bonds. The molecule has 18 atom stereocenters. The fourth-order valence-electron chi connectivity index (χ4n) is 8.80. The molecule has 0 unspecified atom stereocenters. The quantitative estimate of drug-likeness (QED) is 0.0255. The maximum atomic E-state index is 13.0. The zero-order valence-corrected chi connectivity index (χ0v) is 42.5. The number of ether oxygens (including phenoxy) is 4. The molecule has 0 aromatic rings. The largest absolute Gasteiger partial charge is 0.394 e. The Hall–Kier alpha value is -1.90. The molecule has 2 heterocycles. The molecule has 2 fully saturated rings. The lowest BCUT2D eigenvalue weighted by Gasteiger charge is -2.42. The van der Waals surface area contributed by atoms with E-state index in [2.05, 4.69) is 22.5 Å². The van der Waals surface area contributed by atoms with Crippen LogP contribution in [0.4, 0.5) is 0 Å². The average Bonchev–Trinajstić information content (AvgIpc) is 3.39. The summed E-state index contributed by atoms with van der Waals surface area (Å²) >= 11 is 0. The number of aliphatic hydroxyl groups excluding tert-OH is 16. The smallest absolute Gasteiger partial charge is 0.251 e. The minimum atomic E-state index is -2.24. The van der Waals surface area contributed by atoms with E-state index in [0.717, 1.165) is 32.1 Å². The number of nitrogens with zero attached hydrogens (tertiary/aromatic N) is 1. The van der Waals surface area contributed by atoms with E-state index in [1.807, 2.05) is 0 Å². The van der Waals surface area contributed by atoms with Gasteiger partial charge in [-0.15, -0.1) is 0 Å². The molecule has 25 nitrogen and oxygen atoms in total. The molecule has 2 rings (SSSR count). The van der Waals surface area contributed by atoms with E-state index in [0.29, 0.717) is 32.5 Å². The first kappa shape index (κ1) is 67.2. The van der Waals surface area contributed by atoms with Crippen LogP contribution in [-0.4, -0.2) is 268 Å². The van der Waals surface area contributed by atoms with Gasteiger partial charge < -0.3 is 116 Å². The van der Waals surface area contributed by atoms with Gasteiger partial charge in [-0.3, -0.25) is 9.59 Å². The molecule has 2 aliphatic rings. The number of hydrogen-bond acceptors (Lipinski definition) is 23. The fraction of sp³-hybridized carbons (Fsp3) is 0.958. The summed E-state index contributed by atoms with van der Waals surface area (Å²) in [4.78, 5) is 28.1. The van der Waals surface area contributed by atoms with Crippen molar-refractivity contribution >= 4 is 11.8 Å². The molecular formula is C48H93N3O22. The van der Waals surface area contributed by atoms with Crippen LogP contribution in [0.5, 0.6) is 0 Å². The van der Waals surface area contributed by atoms with E-state index in [-0.39, 0.29) is 13.1 Å². The topological polar surface area (TPSA) is 422 Å². The molecule has 0 aliphatic carbocycles. The summed E-state index contributed by atoms with van der Waals surface area (Å²) in [5, 5.41) is 168. The SMILES string of the molecule is CCCCCCCCCCCCCCCCCCN(CCCNC(=O)[C@H](O)[C@@H](O)[C@H](O[C@@H]1O[C@H](CO)[C@H](O)[C@H](O)[C@H]1O)[C@H](O)CO)CCCNC(=O)[C@H](O)[C@@H](O)[C@H](O[C@@H]1O[C@H](CO)[C@H](O)[C@H](O)[C@H]1O)[C@H](O)CO. The van der Waals surface area contributed by atoms with Crippen LogP contribution in [0, 0.1) is 0 Å². The van der Waals surface area contributed by atoms with Gasteiger partial charge in [0.2, 0.25) is 0 Å². The molecule has 25 heteroatoms. The van der Waals surface area contributed by atoms with Crippen LogP contribution in [0.1, 0.15) is 122 Å². The van der Waals surface area contributed by atoms with Crippen molar-refractivity contribution in [1.29, 1.82) is 0 Å². The minimum absolute atomic E-state index is 0.00820. The van der Waals surface area contributed by atoms with Crippen molar-refractivity contribution in [1.82, 2.24) is 15.5 Å². The third kappa shape index (κ3) is 23.3. The Balaban J connectivity index is 1.96. The van der Waals surface area contributed by atoms with E-state index < -0.39 is 148 Å². The van der Waals surface area contributed by atoms with E-state index in [1.165, 1.54) is 70.6 Å². The van der Waals surface area contributed by atoms with Crippen molar-refractivity contribution in [2.45, 2.75) is 233 Å². The number of hydrogen-bond donors (Lipinski definition) is 18. The van der Waals surface area contributed by atoms with Gasteiger partial charge in [0.1, 0.15) is 85.5 Å². The Bertz CT molecular complexity index is 1350. The number of carbonyl (C=O) groups excluding carboxylic acids is 2. The Morgan fingerprint density at radius 1 is 0.466 bits per heavy atom. The Morgan fingerprint density at radius 3 is 1.10 bits per heavy atom. The molecule has 0 bridgehead atoms. The summed E-state index contributed by atoms with van der Waals surface area (Å²) in [5.74, 6) is -2.17. The Morgan fingerprint density at radius 2 is 0.781 bits per heavy atom. The van der Waals surface area contributed by atoms with Gasteiger partial charge in [-0.05, 0) is 38.9 Å². The first-order chi connectivity index (χ1) is 34.9. The van der Waals surface area contributed by atoms with Gasteiger partial charge in [0.05, 0.1) is 26.4 Å². The van der Waals surface area contributed by atoms with Crippen LogP contribution in [0.25, 0.3) is 0 Å². The first-order valence-corrected chi connectivity index (χ1v) is 26.4. The summed E-state index contributed by atoms with van der Waals surface area (Å²) in [6.07, 6.45) is -14.6. The monoisotopic (exact) mass is 1060 g/mol. The summed E-state index contributed by atoms with van der Waals surface area (Å²) in [6.45, 7) is -0.0317. The number of unbranched alkanes of at least 4 members (excludes halogenated alkanes) is 15. The van der Waals surface area contributed by atoms with Crippen LogP contribution in [0.15, 0.2) is 0 Å². The summed E-state index contributed by atoms with van der Waals surface area (Å²) in [5.41, 5.74) is 0. The maximum Gasteiger partial charge on any atom is 0.251 e. The summed E-state index contributed by atoms with van der Waals surface area (Å²) < 4.78 is 21.3. The third-order valence-electron chi connectivity index (χ3n) is 13.5. The lowest BCUT2D eigenvalue weighted by Crippen LogP contribution is -2.62. The van der Waals surface area contributed by atoms with E-state index in [4.69, 9.17) is 18.9 Å². The van der Waals surface area contributed by atoms with Gasteiger partial charge in [-0.25, -0.2) is 0 Å². The fourth-order valence-corrected chi connectivity index (χ4v) is 8.80. The number of nitrogens with one attached hydrogen (secondary N) is 2. The Labute approximate surface area is 428 Å². The number of aliphatic hydroxyl groups is 16. The molecule has 2 aliphatic heterocycles. The molecule has 0 radical (unpaired) electrons. The van der Waals surface area contributed by atoms with Crippen molar-refractivity contribution in [3.8, 4) is 0 Å². The predicted octanol–water partition coefficient (Wildman–Crippen LogP) is -4.92. The molecule has 18 N–H and O–H groups in total. The lowest BCUT2D eigenvalue weighted by molar-refractivity contribution is -0.326. The summed E-state index contributed by atoms with van der Waals surface area (Å²) in [7, 11) is 0. The Kier molecular flexibility index (Phi) is 34.8. The minimum Gasteiger partial charge on any atom is -0.394 e. The second-order valence-electron chi connectivity index (χ2n) is 19.4. The molecule has 73 heavy (non-hydrogen) atoms. The molecule has 0 spiro atoms. The van der Waals surface area contributed by atoms with Gasteiger partial charge in [-0.2, -0.15) is 0 Å². The zero-order chi connectivity index (χ0) is 54.5. The van der Waals surface area contributed by atoms with Gasteiger partial charge in [0.25, 0.3) is 11.8 Å². The molecule has 432 valence electrons.